The van der Waals surface area contributed by atoms with E-state index in [-0.39, 0.29) is 11.9 Å². The molecule has 0 amide bonds. The van der Waals surface area contributed by atoms with Crippen molar-refractivity contribution < 1.29 is 34.8 Å². The molecule has 0 aromatic rings. The molecule has 0 radical (unpaired) electrons. The molecule has 7 heteroatoms. The molecule has 0 saturated carbocycles. The molecule has 0 aliphatic carbocycles. The van der Waals surface area contributed by atoms with Crippen molar-refractivity contribution in [2.75, 3.05) is 6.61 Å². The molecule has 17 heavy (non-hydrogen) atoms. The number of aldehydes is 1. The van der Waals surface area contributed by atoms with E-state index < -0.39 is 37.0 Å². The number of carbonyl (C=O) groups excluding carboxylic acids is 2. The smallest absolute Gasteiger partial charge is 0.333 e. The fourth-order valence-electron chi connectivity index (χ4n) is 0.893. The monoisotopic (exact) mass is 248 g/mol. The standard InChI is InChI=1S/C10H16O7/c1-5(2)10(16)17-4-7(13)9(15)8(14)6(12)3-11/h3,6-9,12-15H,1,4H2,2H3/t6-,7+,8-,9+/m0/s1. The molecule has 0 saturated heterocycles. The van der Waals surface area contributed by atoms with E-state index >= 15 is 0 Å². The molecule has 98 valence electrons. The minimum Gasteiger partial charge on any atom is -0.459 e. The van der Waals surface area contributed by atoms with Gasteiger partial charge in [0.15, 0.2) is 6.29 Å². The van der Waals surface area contributed by atoms with Crippen molar-refractivity contribution in [1.29, 1.82) is 0 Å². The maximum absolute atomic E-state index is 10.9. The SMILES string of the molecule is C=C(C)C(=O)OC[C@@H](O)[C@@H](O)[C@@H](O)[C@@H](O)C=O. The van der Waals surface area contributed by atoms with Gasteiger partial charge in [0.25, 0.3) is 0 Å². The minimum atomic E-state index is -1.86. The van der Waals surface area contributed by atoms with Crippen LogP contribution in [0.1, 0.15) is 6.92 Å². The maximum atomic E-state index is 10.9. The van der Waals surface area contributed by atoms with Gasteiger partial charge in [0, 0.05) is 5.57 Å². The number of esters is 1. The van der Waals surface area contributed by atoms with Gasteiger partial charge < -0.3 is 30.0 Å². The molecule has 0 heterocycles. The van der Waals surface area contributed by atoms with E-state index in [1.165, 1.54) is 6.92 Å². The fraction of sp³-hybridized carbons (Fsp3) is 0.600. The van der Waals surface area contributed by atoms with E-state index in [2.05, 4.69) is 11.3 Å². The van der Waals surface area contributed by atoms with Crippen molar-refractivity contribution in [3.63, 3.8) is 0 Å². The predicted octanol–water partition coefficient (Wildman–Crippen LogP) is -2.25. The van der Waals surface area contributed by atoms with Crippen LogP contribution >= 0.6 is 0 Å². The topological polar surface area (TPSA) is 124 Å². The second kappa shape index (κ2) is 7.13. The predicted molar refractivity (Wildman–Crippen MR) is 55.9 cm³/mol. The third kappa shape index (κ3) is 5.05. The zero-order valence-electron chi connectivity index (χ0n) is 9.31. The van der Waals surface area contributed by atoms with Crippen LogP contribution in [-0.2, 0) is 14.3 Å². The number of hydrogen-bond acceptors (Lipinski definition) is 7. The first-order chi connectivity index (χ1) is 7.81. The van der Waals surface area contributed by atoms with Crippen molar-refractivity contribution in [2.45, 2.75) is 31.3 Å². The van der Waals surface area contributed by atoms with Gasteiger partial charge in [-0.3, -0.25) is 0 Å². The summed E-state index contributed by atoms with van der Waals surface area (Å²) < 4.78 is 4.52. The van der Waals surface area contributed by atoms with Crippen LogP contribution in [0, 0.1) is 0 Å². The number of ether oxygens (including phenoxy) is 1. The third-order valence-corrected chi connectivity index (χ3v) is 1.97. The molecule has 0 aromatic carbocycles. The average molecular weight is 248 g/mol. The highest BCUT2D eigenvalue weighted by Gasteiger charge is 2.30. The molecular formula is C10H16O7. The molecule has 0 unspecified atom stereocenters. The Morgan fingerprint density at radius 1 is 1.29 bits per heavy atom. The molecule has 0 aliphatic heterocycles. The van der Waals surface area contributed by atoms with Crippen LogP contribution in [0.2, 0.25) is 0 Å². The van der Waals surface area contributed by atoms with E-state index in [1.54, 1.807) is 0 Å². The Morgan fingerprint density at radius 2 is 1.82 bits per heavy atom. The summed E-state index contributed by atoms with van der Waals surface area (Å²) >= 11 is 0. The van der Waals surface area contributed by atoms with E-state index in [4.69, 9.17) is 5.11 Å². The molecular weight excluding hydrogens is 232 g/mol. The van der Waals surface area contributed by atoms with E-state index in [9.17, 15) is 24.9 Å². The summed E-state index contributed by atoms with van der Waals surface area (Å²) in [4.78, 5) is 21.1. The molecule has 0 fully saturated rings. The zero-order chi connectivity index (χ0) is 13.6. The lowest BCUT2D eigenvalue weighted by Gasteiger charge is -2.23. The van der Waals surface area contributed by atoms with Gasteiger partial charge in [-0.25, -0.2) is 4.79 Å². The van der Waals surface area contributed by atoms with Gasteiger partial charge in [0.2, 0.25) is 0 Å². The van der Waals surface area contributed by atoms with Crippen LogP contribution < -0.4 is 0 Å². The number of rotatable bonds is 7. The Kier molecular flexibility index (Phi) is 6.59. The van der Waals surface area contributed by atoms with Gasteiger partial charge >= 0.3 is 5.97 Å². The summed E-state index contributed by atoms with van der Waals surface area (Å²) in [6, 6.07) is 0. The summed E-state index contributed by atoms with van der Waals surface area (Å²) in [6.45, 7) is 4.11. The Labute approximate surface area is 97.9 Å². The van der Waals surface area contributed by atoms with Crippen LogP contribution in [0.4, 0.5) is 0 Å². The lowest BCUT2D eigenvalue weighted by Crippen LogP contribution is -2.46. The highest BCUT2D eigenvalue weighted by molar-refractivity contribution is 5.86. The molecule has 0 spiro atoms. The number of hydrogen-bond donors (Lipinski definition) is 4. The molecule has 7 nitrogen and oxygen atoms in total. The van der Waals surface area contributed by atoms with Crippen LogP contribution in [0.15, 0.2) is 12.2 Å². The number of aliphatic hydroxyl groups excluding tert-OH is 4. The highest BCUT2D eigenvalue weighted by Crippen LogP contribution is 2.05. The quantitative estimate of drug-likeness (QED) is 0.228. The number of carbonyl (C=O) groups is 2. The second-order valence-corrected chi connectivity index (χ2v) is 3.55. The lowest BCUT2D eigenvalue weighted by atomic mass is 10.0. The van der Waals surface area contributed by atoms with Gasteiger partial charge in [-0.15, -0.1) is 0 Å². The molecule has 4 N–H and O–H groups in total. The summed E-state index contributed by atoms with van der Waals surface area (Å²) in [5, 5.41) is 36.7. The van der Waals surface area contributed by atoms with Crippen molar-refractivity contribution in [2.24, 2.45) is 0 Å². The summed E-state index contributed by atoms with van der Waals surface area (Å²) in [6.07, 6.45) is -7.10. The van der Waals surface area contributed by atoms with Crippen LogP contribution in [0.5, 0.6) is 0 Å². The first-order valence-electron chi connectivity index (χ1n) is 4.81. The number of aliphatic hydroxyl groups is 4. The lowest BCUT2D eigenvalue weighted by molar-refractivity contribution is -0.152. The first-order valence-corrected chi connectivity index (χ1v) is 4.81. The van der Waals surface area contributed by atoms with Crippen molar-refractivity contribution in [1.82, 2.24) is 0 Å². The maximum Gasteiger partial charge on any atom is 0.333 e. The molecule has 4 atom stereocenters. The average Bonchev–Trinajstić information content (AvgIpc) is 2.32. The van der Waals surface area contributed by atoms with Crippen LogP contribution in [0.25, 0.3) is 0 Å². The normalized spacial score (nSPS) is 17.7. The van der Waals surface area contributed by atoms with Gasteiger partial charge in [0.1, 0.15) is 31.0 Å². The van der Waals surface area contributed by atoms with Crippen LogP contribution in [-0.4, -0.2) is 63.7 Å². The fourth-order valence-corrected chi connectivity index (χ4v) is 0.893. The van der Waals surface area contributed by atoms with Gasteiger partial charge in [0.05, 0.1) is 0 Å². The third-order valence-electron chi connectivity index (χ3n) is 1.97. The zero-order valence-corrected chi connectivity index (χ0v) is 9.31. The van der Waals surface area contributed by atoms with Gasteiger partial charge in [-0.1, -0.05) is 6.58 Å². The van der Waals surface area contributed by atoms with Crippen molar-refractivity contribution in [3.05, 3.63) is 12.2 Å². The minimum absolute atomic E-state index is 0.0144. The van der Waals surface area contributed by atoms with E-state index in [0.717, 1.165) is 0 Å². The molecule has 0 bridgehead atoms. The van der Waals surface area contributed by atoms with Gasteiger partial charge in [-0.05, 0) is 6.92 Å². The molecule has 0 aliphatic rings. The van der Waals surface area contributed by atoms with Crippen molar-refractivity contribution >= 4 is 12.3 Å². The summed E-state index contributed by atoms with van der Waals surface area (Å²) in [5.74, 6) is -0.762. The highest BCUT2D eigenvalue weighted by atomic mass is 16.5. The largest absolute Gasteiger partial charge is 0.459 e. The Bertz CT molecular complexity index is 288. The van der Waals surface area contributed by atoms with Gasteiger partial charge in [-0.2, -0.15) is 0 Å². The van der Waals surface area contributed by atoms with E-state index in [0.29, 0.717) is 0 Å². The first kappa shape index (κ1) is 15.7. The Balaban J connectivity index is 4.22. The Morgan fingerprint density at radius 3 is 2.24 bits per heavy atom. The molecule has 0 rings (SSSR count). The van der Waals surface area contributed by atoms with E-state index in [1.807, 2.05) is 0 Å². The Hall–Kier alpha value is -1.28. The second-order valence-electron chi connectivity index (χ2n) is 3.55. The summed E-state index contributed by atoms with van der Waals surface area (Å²) in [5.41, 5.74) is 0.111. The molecule has 0 aromatic heterocycles. The van der Waals surface area contributed by atoms with Crippen LogP contribution in [0.3, 0.4) is 0 Å². The summed E-state index contributed by atoms with van der Waals surface area (Å²) in [7, 11) is 0. The van der Waals surface area contributed by atoms with Crippen molar-refractivity contribution in [3.8, 4) is 0 Å².